The normalized spacial score (nSPS) is 19.0. The van der Waals surface area contributed by atoms with Crippen molar-refractivity contribution in [3.05, 3.63) is 215 Å². The summed E-state index contributed by atoms with van der Waals surface area (Å²) in [5.41, 5.74) is 4.23. The summed E-state index contributed by atoms with van der Waals surface area (Å²) in [5.74, 6) is -11.8. The molecule has 7 atom stereocenters. The van der Waals surface area contributed by atoms with Gasteiger partial charge in [0.2, 0.25) is 5.91 Å². The third kappa shape index (κ3) is 17.1. The molecule has 17 heteroatoms. The van der Waals surface area contributed by atoms with Gasteiger partial charge in [0.25, 0.3) is 11.7 Å². The summed E-state index contributed by atoms with van der Waals surface area (Å²) in [5, 5.41) is 20.0. The maximum atomic E-state index is 17.4. The van der Waals surface area contributed by atoms with Gasteiger partial charge in [-0.15, -0.1) is 0 Å². The molecule has 0 radical (unpaired) electrons. The van der Waals surface area contributed by atoms with Crippen LogP contribution in [0.3, 0.4) is 0 Å². The number of nitrogens with one attached hydrogen (secondary N) is 3. The number of hydrogen-bond donors (Lipinski definition) is 4. The molecule has 0 aliphatic carbocycles. The fourth-order valence-corrected chi connectivity index (χ4v) is 8.46. The van der Waals surface area contributed by atoms with E-state index < -0.39 is 72.1 Å². The Morgan fingerprint density at radius 3 is 1.49 bits per heavy atom. The van der Waals surface area contributed by atoms with Crippen LogP contribution < -0.4 is 16.0 Å². The van der Waals surface area contributed by atoms with E-state index in [4.69, 9.17) is 33.2 Å². The second kappa shape index (κ2) is 29.2. The average Bonchev–Trinajstić information content (AvgIpc) is 3.50. The van der Waals surface area contributed by atoms with Crippen LogP contribution in [0.15, 0.2) is 182 Å². The number of unbranched alkanes of at least 4 members (excludes halogenated alkanes) is 1. The van der Waals surface area contributed by atoms with Gasteiger partial charge in [-0.2, -0.15) is 8.78 Å². The highest BCUT2D eigenvalue weighted by atomic mass is 19.3. The molecule has 6 aromatic carbocycles. The van der Waals surface area contributed by atoms with E-state index in [0.717, 1.165) is 16.7 Å². The first-order chi connectivity index (χ1) is 37.4. The minimum atomic E-state index is -4.72. The highest BCUT2D eigenvalue weighted by molar-refractivity contribution is 5.89. The monoisotopic (exact) mass is 1060 g/mol. The number of alkyl halides is 2. The Hall–Kier alpha value is -7.38. The zero-order valence-corrected chi connectivity index (χ0v) is 42.8. The van der Waals surface area contributed by atoms with Crippen molar-refractivity contribution in [1.29, 1.82) is 0 Å². The van der Waals surface area contributed by atoms with Gasteiger partial charge >= 0.3 is 18.0 Å². The average molecular weight is 1060 g/mol. The van der Waals surface area contributed by atoms with Gasteiger partial charge in [-0.1, -0.05) is 182 Å². The Kier molecular flexibility index (Phi) is 21.8. The number of benzene rings is 6. The Bertz CT molecular complexity index is 2720. The number of alkyl carbamates (subject to hydrolysis) is 1. The van der Waals surface area contributed by atoms with Crippen molar-refractivity contribution >= 4 is 23.9 Å². The van der Waals surface area contributed by atoms with E-state index in [9.17, 15) is 24.3 Å². The Labute approximate surface area is 447 Å². The minimum absolute atomic E-state index is 0.0107. The van der Waals surface area contributed by atoms with E-state index in [2.05, 4.69) is 16.0 Å². The lowest BCUT2D eigenvalue weighted by Crippen LogP contribution is -2.75. The van der Waals surface area contributed by atoms with Gasteiger partial charge < -0.3 is 54.2 Å². The van der Waals surface area contributed by atoms with E-state index in [0.29, 0.717) is 16.7 Å². The highest BCUT2D eigenvalue weighted by Crippen LogP contribution is 2.44. The molecule has 0 spiro atoms. The van der Waals surface area contributed by atoms with E-state index in [1.807, 2.05) is 72.8 Å². The molecule has 6 aromatic rings. The molecular weight excluding hydrogens is 993 g/mol. The number of carbonyl (C=O) groups excluding carboxylic acids is 4. The lowest BCUT2D eigenvalue weighted by molar-refractivity contribution is -0.415. The second-order valence-corrected chi connectivity index (χ2v) is 18.5. The third-order valence-corrected chi connectivity index (χ3v) is 12.6. The summed E-state index contributed by atoms with van der Waals surface area (Å²) in [6, 6.07) is 51.5. The quantitative estimate of drug-likeness (QED) is 0.0271. The van der Waals surface area contributed by atoms with Crippen LogP contribution >= 0.6 is 0 Å². The van der Waals surface area contributed by atoms with Gasteiger partial charge in [0.05, 0.1) is 33.0 Å². The first kappa shape index (κ1) is 57.3. The molecule has 1 heterocycles. The SMILES string of the molecule is C[C@H](NC(=O)[C@H](CCCCNC(=O)C(F)(F)[C@]1(O)O[C@H](COCc2ccccc2)[C@H](OCc2ccccc2)[C@H](OCc2ccccc2)[C@H]1OCc1ccccc1)NC(=O)OCc1ccccc1)C(=O)OCc1ccccc1. The zero-order valence-electron chi connectivity index (χ0n) is 42.8. The predicted octanol–water partition coefficient (Wildman–Crippen LogP) is 8.51. The number of rotatable bonds is 28. The summed E-state index contributed by atoms with van der Waals surface area (Å²) < 4.78 is 77.1. The number of amides is 3. The summed E-state index contributed by atoms with van der Waals surface area (Å²) in [6.45, 7) is 0.194. The van der Waals surface area contributed by atoms with Crippen molar-refractivity contribution in [3.8, 4) is 0 Å². The molecule has 7 rings (SSSR count). The Morgan fingerprint density at radius 1 is 0.571 bits per heavy atom. The summed E-state index contributed by atoms with van der Waals surface area (Å²) in [7, 11) is 0. The molecule has 1 aliphatic heterocycles. The molecule has 15 nitrogen and oxygen atoms in total. The van der Waals surface area contributed by atoms with Crippen LogP contribution in [0.1, 0.15) is 59.6 Å². The first-order valence-electron chi connectivity index (χ1n) is 25.5. The van der Waals surface area contributed by atoms with Crippen LogP contribution in [-0.2, 0) is 87.2 Å². The maximum absolute atomic E-state index is 17.4. The molecule has 406 valence electrons. The summed E-state index contributed by atoms with van der Waals surface area (Å²) in [6.07, 6.45) is -7.08. The van der Waals surface area contributed by atoms with Crippen molar-refractivity contribution in [2.75, 3.05) is 13.2 Å². The maximum Gasteiger partial charge on any atom is 0.408 e. The number of esters is 1. The molecule has 3 amide bonds. The van der Waals surface area contributed by atoms with Crippen LogP contribution in [0.5, 0.6) is 0 Å². The van der Waals surface area contributed by atoms with Gasteiger partial charge in [-0.25, -0.2) is 9.59 Å². The molecule has 1 fully saturated rings. The fourth-order valence-electron chi connectivity index (χ4n) is 8.46. The van der Waals surface area contributed by atoms with E-state index in [1.54, 1.807) is 109 Å². The number of ether oxygens (including phenoxy) is 7. The molecule has 4 N–H and O–H groups in total. The molecule has 0 unspecified atom stereocenters. The molecule has 0 bridgehead atoms. The number of hydrogen-bond acceptors (Lipinski definition) is 12. The summed E-state index contributed by atoms with van der Waals surface area (Å²) >= 11 is 0. The van der Waals surface area contributed by atoms with Crippen LogP contribution in [0, 0.1) is 0 Å². The molecule has 77 heavy (non-hydrogen) atoms. The van der Waals surface area contributed by atoms with Crippen LogP contribution in [0.25, 0.3) is 0 Å². The topological polar surface area (TPSA) is 189 Å². The van der Waals surface area contributed by atoms with Gasteiger partial charge in [-0.3, -0.25) is 9.59 Å². The Morgan fingerprint density at radius 2 is 1.00 bits per heavy atom. The zero-order chi connectivity index (χ0) is 54.3. The standard InChI is InChI=1S/C60H65F2N3O12/c1-43(56(67)75-40-48-30-16-6-17-31-48)64-55(66)50(65-58(69)76-41-49-32-18-7-19-33-49)34-20-21-35-63-57(68)59(61,62)60(70)54(74-39-47-28-14-5-15-29-47)53(73-38-46-26-12-4-13-27-46)52(72-37-45-24-10-3-11-25-45)51(77-60)42-71-36-44-22-8-2-9-23-44/h2-19,22-33,43,50-54,70H,20-21,34-42H2,1H3,(H,63,68)(H,64,66)(H,65,69)/t43-,50-,51+,52-,53-,54+,60+/m0/s1. The van der Waals surface area contributed by atoms with Gasteiger partial charge in [-0.05, 0) is 59.6 Å². The second-order valence-electron chi connectivity index (χ2n) is 18.5. The largest absolute Gasteiger partial charge is 0.459 e. The lowest BCUT2D eigenvalue weighted by Gasteiger charge is -2.51. The van der Waals surface area contributed by atoms with E-state index >= 15 is 8.78 Å². The molecular formula is C60H65F2N3O12. The number of aliphatic hydroxyl groups is 1. The highest BCUT2D eigenvalue weighted by Gasteiger charge is 2.71. The lowest BCUT2D eigenvalue weighted by atomic mass is 9.87. The molecule has 1 aliphatic rings. The number of halogens is 2. The van der Waals surface area contributed by atoms with Crippen LogP contribution in [0.2, 0.25) is 0 Å². The first-order valence-corrected chi connectivity index (χ1v) is 25.5. The van der Waals surface area contributed by atoms with E-state index in [-0.39, 0.29) is 72.1 Å². The van der Waals surface area contributed by atoms with Gasteiger partial charge in [0.15, 0.2) is 0 Å². The predicted molar refractivity (Wildman–Crippen MR) is 280 cm³/mol. The van der Waals surface area contributed by atoms with E-state index in [1.165, 1.54) is 6.92 Å². The molecule has 0 saturated carbocycles. The van der Waals surface area contributed by atoms with Crippen molar-refractivity contribution in [1.82, 2.24) is 16.0 Å². The third-order valence-electron chi connectivity index (χ3n) is 12.6. The van der Waals surface area contributed by atoms with Crippen molar-refractivity contribution < 1.29 is 66.2 Å². The van der Waals surface area contributed by atoms with Gasteiger partial charge in [0.1, 0.15) is 49.7 Å². The van der Waals surface area contributed by atoms with Crippen molar-refractivity contribution in [2.24, 2.45) is 0 Å². The fraction of sp³-hybridized carbons (Fsp3) is 0.333. The molecule has 1 saturated heterocycles. The van der Waals surface area contributed by atoms with Crippen molar-refractivity contribution in [3.63, 3.8) is 0 Å². The molecule has 0 aromatic heterocycles. The van der Waals surface area contributed by atoms with Crippen molar-refractivity contribution in [2.45, 2.75) is 114 Å². The number of carbonyl (C=O) groups is 4. The minimum Gasteiger partial charge on any atom is -0.459 e. The Balaban J connectivity index is 1.08. The van der Waals surface area contributed by atoms with Crippen LogP contribution in [-0.4, -0.2) is 90.3 Å². The van der Waals surface area contributed by atoms with Crippen LogP contribution in [0.4, 0.5) is 13.6 Å². The summed E-state index contributed by atoms with van der Waals surface area (Å²) in [4.78, 5) is 53.5. The van der Waals surface area contributed by atoms with Gasteiger partial charge in [0, 0.05) is 6.54 Å². The smallest absolute Gasteiger partial charge is 0.408 e.